The topological polar surface area (TPSA) is 35.5 Å². The first-order chi connectivity index (χ1) is 9.63. The summed E-state index contributed by atoms with van der Waals surface area (Å²) in [4.78, 5) is 2.36. The van der Waals surface area contributed by atoms with Gasteiger partial charge in [0.05, 0.1) is 6.10 Å². The standard InChI is InChI=1S/C17H30N2O/c1-19-4-2-3-16(20)15(19)11-18-17-8-12-5-13(9-17)7-14(6-12)10-17/h12-16,18,20H,2-11H2,1H3. The number of aliphatic hydroxyl groups is 1. The predicted octanol–water partition coefficient (Wildman–Crippen LogP) is 2.00. The van der Waals surface area contributed by atoms with Crippen molar-refractivity contribution < 1.29 is 5.11 Å². The second-order valence-electron chi connectivity index (χ2n) is 8.34. The van der Waals surface area contributed by atoms with Crippen LogP contribution in [0.15, 0.2) is 0 Å². The van der Waals surface area contributed by atoms with Gasteiger partial charge in [-0.25, -0.2) is 0 Å². The van der Waals surface area contributed by atoms with Gasteiger partial charge in [0.2, 0.25) is 0 Å². The van der Waals surface area contributed by atoms with Gasteiger partial charge in [0.1, 0.15) is 0 Å². The molecule has 1 aliphatic heterocycles. The van der Waals surface area contributed by atoms with E-state index >= 15 is 0 Å². The zero-order valence-corrected chi connectivity index (χ0v) is 12.9. The Morgan fingerprint density at radius 1 is 1.10 bits per heavy atom. The van der Waals surface area contributed by atoms with Gasteiger partial charge in [0.25, 0.3) is 0 Å². The Balaban J connectivity index is 1.41. The van der Waals surface area contributed by atoms with E-state index in [2.05, 4.69) is 17.3 Å². The van der Waals surface area contributed by atoms with E-state index in [1.807, 2.05) is 0 Å². The fourth-order valence-electron chi connectivity index (χ4n) is 6.14. The van der Waals surface area contributed by atoms with E-state index in [1.54, 1.807) is 0 Å². The minimum Gasteiger partial charge on any atom is -0.391 e. The van der Waals surface area contributed by atoms with Gasteiger partial charge in [-0.1, -0.05) is 0 Å². The second-order valence-corrected chi connectivity index (χ2v) is 8.34. The molecule has 114 valence electrons. The molecule has 4 bridgehead atoms. The van der Waals surface area contributed by atoms with Crippen LogP contribution in [-0.2, 0) is 0 Å². The van der Waals surface area contributed by atoms with E-state index in [4.69, 9.17) is 0 Å². The molecular formula is C17H30N2O. The Morgan fingerprint density at radius 2 is 1.70 bits per heavy atom. The van der Waals surface area contributed by atoms with E-state index in [1.165, 1.54) is 38.5 Å². The smallest absolute Gasteiger partial charge is 0.0708 e. The molecule has 20 heavy (non-hydrogen) atoms. The van der Waals surface area contributed by atoms with Crippen molar-refractivity contribution in [1.29, 1.82) is 0 Å². The SMILES string of the molecule is CN1CCCC(O)C1CNC12CC3CC(CC(C3)C1)C2. The molecule has 0 aromatic rings. The Labute approximate surface area is 123 Å². The van der Waals surface area contributed by atoms with Gasteiger partial charge in [-0.05, 0) is 82.7 Å². The van der Waals surface area contributed by atoms with Crippen LogP contribution in [0.3, 0.4) is 0 Å². The van der Waals surface area contributed by atoms with Gasteiger partial charge in [-0.15, -0.1) is 0 Å². The molecule has 3 nitrogen and oxygen atoms in total. The number of aliphatic hydroxyl groups excluding tert-OH is 1. The first kappa shape index (κ1) is 13.5. The highest BCUT2D eigenvalue weighted by Gasteiger charge is 2.50. The van der Waals surface area contributed by atoms with Crippen molar-refractivity contribution in [2.24, 2.45) is 17.8 Å². The summed E-state index contributed by atoms with van der Waals surface area (Å²) in [6.07, 6.45) is 10.7. The summed E-state index contributed by atoms with van der Waals surface area (Å²) in [6.45, 7) is 2.13. The van der Waals surface area contributed by atoms with Crippen molar-refractivity contribution in [1.82, 2.24) is 10.2 Å². The summed E-state index contributed by atoms with van der Waals surface area (Å²) in [5, 5.41) is 14.2. The molecule has 5 rings (SSSR count). The van der Waals surface area contributed by atoms with Crippen LogP contribution in [0.1, 0.15) is 51.4 Å². The van der Waals surface area contributed by atoms with Crippen LogP contribution in [0.2, 0.25) is 0 Å². The van der Waals surface area contributed by atoms with Crippen LogP contribution >= 0.6 is 0 Å². The third kappa shape index (κ3) is 2.32. The highest BCUT2D eigenvalue weighted by atomic mass is 16.3. The number of hydrogen-bond donors (Lipinski definition) is 2. The molecule has 2 atom stereocenters. The third-order valence-electron chi connectivity index (χ3n) is 6.75. The van der Waals surface area contributed by atoms with Crippen molar-refractivity contribution in [2.75, 3.05) is 20.1 Å². The van der Waals surface area contributed by atoms with Gasteiger partial charge in [0.15, 0.2) is 0 Å². The van der Waals surface area contributed by atoms with Gasteiger partial charge < -0.3 is 10.4 Å². The zero-order chi connectivity index (χ0) is 13.7. The predicted molar refractivity (Wildman–Crippen MR) is 80.6 cm³/mol. The summed E-state index contributed by atoms with van der Waals surface area (Å²) in [7, 11) is 2.18. The molecule has 2 unspecified atom stereocenters. The molecule has 1 heterocycles. The van der Waals surface area contributed by atoms with Crippen molar-refractivity contribution in [3.8, 4) is 0 Å². The van der Waals surface area contributed by atoms with Crippen molar-refractivity contribution in [3.63, 3.8) is 0 Å². The summed E-state index contributed by atoms with van der Waals surface area (Å²) in [5.41, 5.74) is 0.437. The van der Waals surface area contributed by atoms with Crippen LogP contribution in [0, 0.1) is 17.8 Å². The summed E-state index contributed by atoms with van der Waals surface area (Å²) in [5.74, 6) is 3.01. The molecule has 0 aromatic heterocycles. The van der Waals surface area contributed by atoms with E-state index in [9.17, 15) is 5.11 Å². The monoisotopic (exact) mass is 278 g/mol. The van der Waals surface area contributed by atoms with E-state index < -0.39 is 0 Å². The molecule has 4 saturated carbocycles. The lowest BCUT2D eigenvalue weighted by molar-refractivity contribution is -0.0320. The lowest BCUT2D eigenvalue weighted by atomic mass is 9.53. The highest BCUT2D eigenvalue weighted by Crippen LogP contribution is 2.55. The van der Waals surface area contributed by atoms with Gasteiger partial charge in [0, 0.05) is 18.1 Å². The van der Waals surface area contributed by atoms with Gasteiger partial charge >= 0.3 is 0 Å². The lowest BCUT2D eigenvalue weighted by Gasteiger charge is -2.57. The fraction of sp³-hybridized carbons (Fsp3) is 1.00. The maximum atomic E-state index is 10.3. The number of hydrogen-bond acceptors (Lipinski definition) is 3. The zero-order valence-electron chi connectivity index (χ0n) is 12.9. The van der Waals surface area contributed by atoms with Gasteiger partial charge in [-0.3, -0.25) is 4.90 Å². The number of likely N-dealkylation sites (N-methyl/N-ethyl adjacent to an activating group) is 1. The maximum Gasteiger partial charge on any atom is 0.0708 e. The molecule has 0 spiro atoms. The third-order valence-corrected chi connectivity index (χ3v) is 6.75. The molecule has 5 fully saturated rings. The molecule has 0 aromatic carbocycles. The average Bonchev–Trinajstić information content (AvgIpc) is 2.36. The fourth-order valence-corrected chi connectivity index (χ4v) is 6.14. The number of nitrogens with one attached hydrogen (secondary N) is 1. The molecule has 0 radical (unpaired) electrons. The molecule has 2 N–H and O–H groups in total. The number of likely N-dealkylation sites (tertiary alicyclic amines) is 1. The molecular weight excluding hydrogens is 248 g/mol. The summed E-state index contributed by atoms with van der Waals surface area (Å²) < 4.78 is 0. The molecule has 1 saturated heterocycles. The van der Waals surface area contributed by atoms with E-state index in [0.717, 1.165) is 43.7 Å². The molecule has 3 heteroatoms. The van der Waals surface area contributed by atoms with E-state index in [0.29, 0.717) is 11.6 Å². The number of piperidine rings is 1. The highest BCUT2D eigenvalue weighted by molar-refractivity contribution is 5.07. The average molecular weight is 278 g/mol. The van der Waals surface area contributed by atoms with Crippen LogP contribution in [-0.4, -0.2) is 47.8 Å². The minimum atomic E-state index is -0.129. The van der Waals surface area contributed by atoms with Crippen molar-refractivity contribution in [3.05, 3.63) is 0 Å². The summed E-state index contributed by atoms with van der Waals surface area (Å²) >= 11 is 0. The van der Waals surface area contributed by atoms with E-state index in [-0.39, 0.29) is 6.10 Å². The Hall–Kier alpha value is -0.120. The molecule has 5 aliphatic rings. The second kappa shape index (κ2) is 4.96. The Morgan fingerprint density at radius 3 is 2.25 bits per heavy atom. The molecule has 0 amide bonds. The number of rotatable bonds is 3. The maximum absolute atomic E-state index is 10.3. The van der Waals surface area contributed by atoms with Crippen LogP contribution in [0.4, 0.5) is 0 Å². The normalized spacial score (nSPS) is 51.6. The first-order valence-corrected chi connectivity index (χ1v) is 8.77. The van der Waals surface area contributed by atoms with Crippen LogP contribution < -0.4 is 5.32 Å². The lowest BCUT2D eigenvalue weighted by Crippen LogP contribution is -2.62. The molecule has 4 aliphatic carbocycles. The number of nitrogens with zero attached hydrogens (tertiary/aromatic N) is 1. The Kier molecular flexibility index (Phi) is 3.36. The minimum absolute atomic E-state index is 0.129. The first-order valence-electron chi connectivity index (χ1n) is 8.77. The summed E-state index contributed by atoms with van der Waals surface area (Å²) in [6, 6.07) is 0.330. The van der Waals surface area contributed by atoms with Crippen LogP contribution in [0.25, 0.3) is 0 Å². The van der Waals surface area contributed by atoms with Gasteiger partial charge in [-0.2, -0.15) is 0 Å². The van der Waals surface area contributed by atoms with Crippen molar-refractivity contribution >= 4 is 0 Å². The quantitative estimate of drug-likeness (QED) is 0.829. The largest absolute Gasteiger partial charge is 0.391 e. The van der Waals surface area contributed by atoms with Crippen LogP contribution in [0.5, 0.6) is 0 Å². The van der Waals surface area contributed by atoms with Crippen molar-refractivity contribution in [2.45, 2.75) is 69.1 Å². The Bertz CT molecular complexity index is 325.